The topological polar surface area (TPSA) is 108 Å². The summed E-state index contributed by atoms with van der Waals surface area (Å²) in [5.74, 6) is -0.339. The van der Waals surface area contributed by atoms with Crippen LogP contribution in [-0.2, 0) is 0 Å². The number of rotatable bonds is 2. The van der Waals surface area contributed by atoms with Crippen LogP contribution in [0, 0.1) is 0 Å². The number of fused-ring (bicyclic) bond motifs is 1. The Morgan fingerprint density at radius 2 is 1.90 bits per heavy atom. The number of aromatic nitrogens is 3. The molecule has 0 unspecified atom stereocenters. The number of amides is 1. The molecule has 8 heteroatoms. The lowest BCUT2D eigenvalue weighted by atomic mass is 10.2. The van der Waals surface area contributed by atoms with E-state index < -0.39 is 11.1 Å². The minimum atomic E-state index is -0.755. The summed E-state index contributed by atoms with van der Waals surface area (Å²) in [6, 6.07) is 4.61. The predicted molar refractivity (Wildman–Crippen MR) is 75.3 cm³/mol. The second-order valence-corrected chi connectivity index (χ2v) is 4.85. The van der Waals surface area contributed by atoms with Crippen LogP contribution in [-0.4, -0.2) is 20.9 Å². The molecule has 1 amide bonds. The highest BCUT2D eigenvalue weighted by Crippen LogP contribution is 2.14. The fourth-order valence-electron chi connectivity index (χ4n) is 1.71. The maximum Gasteiger partial charge on any atom is 0.314 e. The SMILES string of the molecule is O=C(Nc1nccs1)c1ccc2[nH]c(=O)c(=O)[nH]c2c1. The Kier molecular flexibility index (Phi) is 2.92. The van der Waals surface area contributed by atoms with Crippen molar-refractivity contribution in [3.8, 4) is 0 Å². The number of nitrogens with zero attached hydrogens (tertiary/aromatic N) is 1. The molecule has 2 aromatic heterocycles. The van der Waals surface area contributed by atoms with Crippen molar-refractivity contribution >= 4 is 33.4 Å². The van der Waals surface area contributed by atoms with Crippen molar-refractivity contribution in [1.82, 2.24) is 15.0 Å². The van der Waals surface area contributed by atoms with Gasteiger partial charge in [-0.15, -0.1) is 11.3 Å². The van der Waals surface area contributed by atoms with E-state index in [9.17, 15) is 14.4 Å². The zero-order valence-electron chi connectivity index (χ0n) is 9.97. The lowest BCUT2D eigenvalue weighted by Crippen LogP contribution is -2.29. The van der Waals surface area contributed by atoms with Crippen molar-refractivity contribution in [2.45, 2.75) is 0 Å². The Morgan fingerprint density at radius 1 is 1.15 bits per heavy atom. The quantitative estimate of drug-likeness (QED) is 0.609. The number of H-pyrrole nitrogens is 2. The van der Waals surface area contributed by atoms with Crippen molar-refractivity contribution < 1.29 is 4.79 Å². The van der Waals surface area contributed by atoms with Crippen LogP contribution in [0.2, 0.25) is 0 Å². The molecule has 100 valence electrons. The Bertz CT molecular complexity index is 895. The molecule has 0 aliphatic heterocycles. The van der Waals surface area contributed by atoms with Gasteiger partial charge in [0, 0.05) is 17.1 Å². The van der Waals surface area contributed by atoms with Crippen molar-refractivity contribution in [2.24, 2.45) is 0 Å². The first-order valence-electron chi connectivity index (χ1n) is 5.61. The summed E-state index contributed by atoms with van der Waals surface area (Å²) in [5.41, 5.74) is -0.273. The van der Waals surface area contributed by atoms with E-state index in [4.69, 9.17) is 0 Å². The number of hydrogen-bond acceptors (Lipinski definition) is 5. The van der Waals surface area contributed by atoms with Crippen molar-refractivity contribution in [3.05, 3.63) is 56.0 Å². The normalized spacial score (nSPS) is 10.6. The van der Waals surface area contributed by atoms with Gasteiger partial charge in [0.25, 0.3) is 5.91 Å². The summed E-state index contributed by atoms with van der Waals surface area (Å²) < 4.78 is 0. The Balaban J connectivity index is 2.00. The van der Waals surface area contributed by atoms with Gasteiger partial charge in [-0.2, -0.15) is 0 Å². The van der Waals surface area contributed by atoms with Gasteiger partial charge in [0.15, 0.2) is 5.13 Å². The number of carbonyl (C=O) groups excluding carboxylic acids is 1. The number of nitrogens with one attached hydrogen (secondary N) is 3. The third kappa shape index (κ3) is 2.24. The van der Waals surface area contributed by atoms with Crippen LogP contribution in [0.1, 0.15) is 10.4 Å². The lowest BCUT2D eigenvalue weighted by Gasteiger charge is -2.03. The van der Waals surface area contributed by atoms with E-state index in [1.54, 1.807) is 23.7 Å². The van der Waals surface area contributed by atoms with Gasteiger partial charge in [0.1, 0.15) is 0 Å². The molecule has 1 aromatic carbocycles. The second-order valence-electron chi connectivity index (χ2n) is 3.96. The highest BCUT2D eigenvalue weighted by molar-refractivity contribution is 7.13. The van der Waals surface area contributed by atoms with Gasteiger partial charge in [0.2, 0.25) is 0 Å². The monoisotopic (exact) mass is 288 g/mol. The van der Waals surface area contributed by atoms with E-state index in [2.05, 4.69) is 20.3 Å². The molecule has 7 nitrogen and oxygen atoms in total. The number of anilines is 1. The molecule has 0 atom stereocenters. The molecular weight excluding hydrogens is 280 g/mol. The van der Waals surface area contributed by atoms with Crippen LogP contribution >= 0.6 is 11.3 Å². The van der Waals surface area contributed by atoms with Gasteiger partial charge < -0.3 is 9.97 Å². The zero-order chi connectivity index (χ0) is 14.1. The van der Waals surface area contributed by atoms with Gasteiger partial charge in [0.05, 0.1) is 11.0 Å². The summed E-state index contributed by atoms with van der Waals surface area (Å²) in [4.78, 5) is 43.2. The number of aromatic amines is 2. The largest absolute Gasteiger partial charge is 0.316 e. The molecule has 3 N–H and O–H groups in total. The highest BCUT2D eigenvalue weighted by Gasteiger charge is 2.09. The van der Waals surface area contributed by atoms with Crippen molar-refractivity contribution in [1.29, 1.82) is 0 Å². The smallest absolute Gasteiger partial charge is 0.314 e. The molecule has 0 saturated heterocycles. The van der Waals surface area contributed by atoms with Crippen LogP contribution in [0.15, 0.2) is 39.4 Å². The first kappa shape index (κ1) is 12.3. The van der Waals surface area contributed by atoms with Crippen LogP contribution < -0.4 is 16.4 Å². The highest BCUT2D eigenvalue weighted by atomic mass is 32.1. The van der Waals surface area contributed by atoms with Crippen molar-refractivity contribution in [2.75, 3.05) is 5.32 Å². The van der Waals surface area contributed by atoms with Gasteiger partial charge in [-0.25, -0.2) is 4.98 Å². The fraction of sp³-hybridized carbons (Fsp3) is 0. The Labute approximate surface area is 115 Å². The third-order valence-corrected chi connectivity index (χ3v) is 3.33. The van der Waals surface area contributed by atoms with E-state index in [0.29, 0.717) is 21.7 Å². The van der Waals surface area contributed by atoms with Crippen LogP contribution in [0.3, 0.4) is 0 Å². The molecule has 3 aromatic rings. The summed E-state index contributed by atoms with van der Waals surface area (Å²) in [7, 11) is 0. The van der Waals surface area contributed by atoms with Crippen LogP contribution in [0.5, 0.6) is 0 Å². The maximum absolute atomic E-state index is 12.0. The molecule has 0 aliphatic carbocycles. The van der Waals surface area contributed by atoms with E-state index in [-0.39, 0.29) is 5.91 Å². The van der Waals surface area contributed by atoms with Gasteiger partial charge in [-0.05, 0) is 18.2 Å². The Morgan fingerprint density at radius 3 is 2.60 bits per heavy atom. The molecular formula is C12H8N4O3S. The third-order valence-electron chi connectivity index (χ3n) is 2.64. The Hall–Kier alpha value is -2.74. The molecule has 0 aliphatic rings. The second kappa shape index (κ2) is 4.74. The molecule has 0 bridgehead atoms. The lowest BCUT2D eigenvalue weighted by molar-refractivity contribution is 0.102. The molecule has 0 fully saturated rings. The van der Waals surface area contributed by atoms with Crippen LogP contribution in [0.25, 0.3) is 11.0 Å². The minimum Gasteiger partial charge on any atom is -0.316 e. The fourth-order valence-corrected chi connectivity index (χ4v) is 2.23. The standard InChI is InChI=1S/C12H8N4O3S/c17-9(16-12-13-3-4-20-12)6-1-2-7-8(5-6)15-11(19)10(18)14-7/h1-5H,(H,14,18)(H,15,19)(H,13,16,17). The molecule has 0 saturated carbocycles. The zero-order valence-corrected chi connectivity index (χ0v) is 10.8. The summed E-state index contributed by atoms with van der Waals surface area (Å²) in [5, 5.41) is 4.87. The molecule has 0 radical (unpaired) electrons. The van der Waals surface area contributed by atoms with Crippen molar-refractivity contribution in [3.63, 3.8) is 0 Å². The minimum absolute atomic E-state index is 0.339. The summed E-state index contributed by atoms with van der Waals surface area (Å²) in [6.45, 7) is 0. The molecule has 2 heterocycles. The first-order chi connectivity index (χ1) is 9.63. The number of thiazole rings is 1. The summed E-state index contributed by atoms with van der Waals surface area (Å²) in [6.07, 6.45) is 1.59. The van der Waals surface area contributed by atoms with E-state index in [0.717, 1.165) is 0 Å². The van der Waals surface area contributed by atoms with Gasteiger partial charge in [-0.1, -0.05) is 0 Å². The summed E-state index contributed by atoms with van der Waals surface area (Å²) >= 11 is 1.31. The average molecular weight is 288 g/mol. The number of hydrogen-bond donors (Lipinski definition) is 3. The maximum atomic E-state index is 12.0. The molecule has 20 heavy (non-hydrogen) atoms. The van der Waals surface area contributed by atoms with E-state index >= 15 is 0 Å². The molecule has 0 spiro atoms. The number of benzene rings is 1. The average Bonchev–Trinajstić information content (AvgIpc) is 2.92. The number of carbonyl (C=O) groups is 1. The van der Waals surface area contributed by atoms with Gasteiger partial charge in [-0.3, -0.25) is 19.7 Å². The molecule has 3 rings (SSSR count). The van der Waals surface area contributed by atoms with Crippen LogP contribution in [0.4, 0.5) is 5.13 Å². The van der Waals surface area contributed by atoms with E-state index in [1.165, 1.54) is 17.4 Å². The van der Waals surface area contributed by atoms with E-state index in [1.807, 2.05) is 0 Å². The first-order valence-corrected chi connectivity index (χ1v) is 6.49. The van der Waals surface area contributed by atoms with Gasteiger partial charge >= 0.3 is 11.1 Å². The predicted octanol–water partition coefficient (Wildman–Crippen LogP) is 0.925.